The monoisotopic (exact) mass is 629 g/mol. The van der Waals surface area contributed by atoms with Crippen molar-refractivity contribution in [1.29, 1.82) is 0 Å². The molecular weight excluding hydrogens is 611 g/mol. The third-order valence-electron chi connectivity index (χ3n) is 4.54. The number of carboxylic acids is 2. The van der Waals surface area contributed by atoms with E-state index < -0.39 is 120 Å². The van der Waals surface area contributed by atoms with Crippen molar-refractivity contribution in [2.45, 2.75) is 54.8 Å². The molecule has 2 atom stereocenters. The minimum Gasteiger partial charge on any atom is -0.480 e. The Kier molecular flexibility index (Phi) is 12.4. The van der Waals surface area contributed by atoms with Gasteiger partial charge in [-0.25, -0.2) is 0 Å². The lowest BCUT2D eigenvalue weighted by molar-refractivity contribution is -0.417. The molecule has 0 aromatic carbocycles. The molecular formula is C18H18F11N3O7S. The number of aldehydes is 1. The lowest BCUT2D eigenvalue weighted by atomic mass is 9.97. The fourth-order valence-electron chi connectivity index (χ4n) is 2.35. The third-order valence-corrected chi connectivity index (χ3v) is 5.74. The summed E-state index contributed by atoms with van der Waals surface area (Å²) in [7, 11) is 0. The van der Waals surface area contributed by atoms with E-state index in [9.17, 15) is 72.3 Å². The molecule has 0 radical (unpaired) electrons. The highest BCUT2D eigenvalue weighted by Gasteiger charge is 2.87. The zero-order valence-electron chi connectivity index (χ0n) is 19.2. The van der Waals surface area contributed by atoms with Crippen molar-refractivity contribution in [3.63, 3.8) is 0 Å². The molecule has 0 aliphatic carbocycles. The molecule has 0 saturated carbocycles. The van der Waals surface area contributed by atoms with Crippen LogP contribution < -0.4 is 16.4 Å². The maximum Gasteiger partial charge on any atom is 0.460 e. The normalized spacial score (nSPS) is 15.2. The van der Waals surface area contributed by atoms with Gasteiger partial charge >= 0.3 is 41.8 Å². The van der Waals surface area contributed by atoms with Crippen LogP contribution in [0.15, 0.2) is 11.0 Å². The maximum absolute atomic E-state index is 14.4. The minimum absolute atomic E-state index is 0.596. The van der Waals surface area contributed by atoms with Crippen molar-refractivity contribution in [2.75, 3.05) is 12.3 Å². The summed E-state index contributed by atoms with van der Waals surface area (Å²) in [5, 5.41) is 20.6. The average Bonchev–Trinajstić information content (AvgIpc) is 2.81. The maximum atomic E-state index is 14.4. The van der Waals surface area contributed by atoms with Gasteiger partial charge in [-0.05, 0) is 12.5 Å². The lowest BCUT2D eigenvalue weighted by Gasteiger charge is -2.37. The SMILES string of the molecule is NC(CCC(=O)NC(CS/C(=C\C=O)C(F)(F)C(F)(F)C(F)(F)C(F)(F)C(F)(F)F)C(=O)NCC(=O)O)C(=O)O. The molecule has 0 aromatic rings. The summed E-state index contributed by atoms with van der Waals surface area (Å²) in [6.07, 6.45) is -10.2. The van der Waals surface area contributed by atoms with E-state index in [0.717, 1.165) is 0 Å². The summed E-state index contributed by atoms with van der Waals surface area (Å²) in [5.41, 5.74) is 5.14. The van der Waals surface area contributed by atoms with Crippen molar-refractivity contribution in [2.24, 2.45) is 5.73 Å². The molecule has 6 N–H and O–H groups in total. The van der Waals surface area contributed by atoms with Crippen LogP contribution in [0.3, 0.4) is 0 Å². The zero-order chi connectivity index (χ0) is 31.9. The molecule has 0 aliphatic heterocycles. The topological polar surface area (TPSA) is 176 Å². The number of nitrogens with two attached hydrogens (primary N) is 1. The third kappa shape index (κ3) is 8.41. The first-order valence-corrected chi connectivity index (χ1v) is 11.0. The molecule has 0 fully saturated rings. The summed E-state index contributed by atoms with van der Waals surface area (Å²) in [4.78, 5) is 53.6. The molecule has 0 spiro atoms. The van der Waals surface area contributed by atoms with Gasteiger partial charge in [-0.2, -0.15) is 48.3 Å². The summed E-state index contributed by atoms with van der Waals surface area (Å²) >= 11 is -0.845. The van der Waals surface area contributed by atoms with Crippen molar-refractivity contribution in [1.82, 2.24) is 10.6 Å². The van der Waals surface area contributed by atoms with Crippen molar-refractivity contribution < 1.29 is 82.5 Å². The minimum atomic E-state index is -7.79. The highest BCUT2D eigenvalue weighted by atomic mass is 32.2. The number of thioether (sulfide) groups is 1. The molecule has 0 heterocycles. The van der Waals surface area contributed by atoms with Gasteiger partial charge in [-0.1, -0.05) is 0 Å². The number of carbonyl (C=O) groups excluding carboxylic acids is 3. The Labute approximate surface area is 219 Å². The van der Waals surface area contributed by atoms with Gasteiger partial charge in [0.2, 0.25) is 11.8 Å². The first kappa shape index (κ1) is 36.8. The van der Waals surface area contributed by atoms with Crippen molar-refractivity contribution >= 4 is 41.8 Å². The van der Waals surface area contributed by atoms with E-state index in [1.54, 1.807) is 10.6 Å². The fraction of sp³-hybridized carbons (Fsp3) is 0.611. The molecule has 0 saturated heterocycles. The number of rotatable bonds is 16. The predicted molar refractivity (Wildman–Crippen MR) is 110 cm³/mol. The van der Waals surface area contributed by atoms with Crippen molar-refractivity contribution in [3.05, 3.63) is 11.0 Å². The van der Waals surface area contributed by atoms with E-state index in [4.69, 9.17) is 15.9 Å². The molecule has 22 heteroatoms. The molecule has 10 nitrogen and oxygen atoms in total. The molecule has 0 aromatic heterocycles. The van der Waals surface area contributed by atoms with Crippen LogP contribution in [0, 0.1) is 0 Å². The van der Waals surface area contributed by atoms with Gasteiger partial charge in [-0.15, -0.1) is 11.8 Å². The van der Waals surface area contributed by atoms with E-state index in [0.29, 0.717) is 0 Å². The van der Waals surface area contributed by atoms with Gasteiger partial charge < -0.3 is 26.6 Å². The number of hydrogen-bond donors (Lipinski definition) is 5. The Bertz CT molecular complexity index is 1010. The molecule has 2 amide bonds. The quantitative estimate of drug-likeness (QED) is 0.0968. The number of hydrogen-bond acceptors (Lipinski definition) is 7. The van der Waals surface area contributed by atoms with E-state index in [1.807, 2.05) is 0 Å². The number of carbonyl (C=O) groups is 5. The van der Waals surface area contributed by atoms with Crippen LogP contribution in [-0.4, -0.2) is 94.5 Å². The van der Waals surface area contributed by atoms with Gasteiger partial charge in [0.15, 0.2) is 0 Å². The van der Waals surface area contributed by atoms with Crippen LogP contribution >= 0.6 is 11.8 Å². The number of halogens is 11. The number of amides is 2. The molecule has 40 heavy (non-hydrogen) atoms. The van der Waals surface area contributed by atoms with Gasteiger partial charge in [0.05, 0.1) is 4.91 Å². The van der Waals surface area contributed by atoms with Gasteiger partial charge in [0.25, 0.3) is 0 Å². The second-order valence-electron chi connectivity index (χ2n) is 7.49. The first-order chi connectivity index (χ1) is 17.9. The summed E-state index contributed by atoms with van der Waals surface area (Å²) in [6.45, 7) is -1.19. The largest absolute Gasteiger partial charge is 0.480 e. The van der Waals surface area contributed by atoms with Crippen molar-refractivity contribution in [3.8, 4) is 0 Å². The Morgan fingerprint density at radius 3 is 1.82 bits per heavy atom. The molecule has 2 unspecified atom stereocenters. The van der Waals surface area contributed by atoms with E-state index in [2.05, 4.69) is 0 Å². The molecule has 0 bridgehead atoms. The number of aliphatic carboxylic acids is 2. The van der Waals surface area contributed by atoms with Crippen LogP contribution in [0.5, 0.6) is 0 Å². The number of allylic oxidation sites excluding steroid dienone is 2. The Morgan fingerprint density at radius 2 is 1.40 bits per heavy atom. The predicted octanol–water partition coefficient (Wildman–Crippen LogP) is 1.78. The molecule has 0 aliphatic rings. The average molecular weight is 629 g/mol. The Hall–Kier alpha value is -3.17. The highest BCUT2D eigenvalue weighted by molar-refractivity contribution is 8.03. The summed E-state index contributed by atoms with van der Waals surface area (Å²) in [6, 6.07) is -3.85. The second kappa shape index (κ2) is 13.5. The molecule has 230 valence electrons. The van der Waals surface area contributed by atoms with Gasteiger partial charge in [0, 0.05) is 12.2 Å². The Morgan fingerprint density at radius 1 is 0.875 bits per heavy atom. The van der Waals surface area contributed by atoms with E-state index in [1.165, 1.54) is 0 Å². The van der Waals surface area contributed by atoms with Crippen LogP contribution in [0.4, 0.5) is 48.3 Å². The number of carboxylic acid groups (broad SMARTS) is 2. The van der Waals surface area contributed by atoms with E-state index in [-0.39, 0.29) is 0 Å². The van der Waals surface area contributed by atoms with Gasteiger partial charge in [0.1, 0.15) is 24.9 Å². The standard InChI is InChI=1S/C18H18F11N3O7S/c19-14(20,15(21,22)16(23,24)17(25,26)18(27,28)29)9(3-4-33)40-6-8(12(37)31-5-11(35)36)32-10(34)2-1-7(30)13(38)39/h3-4,7-8H,1-2,5-6,30H2,(H,31,37)(H,32,34)(H,35,36)(H,38,39)/b9-3-. The second-order valence-corrected chi connectivity index (χ2v) is 8.55. The molecule has 0 rings (SSSR count). The van der Waals surface area contributed by atoms with Crippen LogP contribution in [-0.2, 0) is 24.0 Å². The summed E-state index contributed by atoms with van der Waals surface area (Å²) < 4.78 is 147. The zero-order valence-corrected chi connectivity index (χ0v) is 20.0. The number of nitrogens with one attached hydrogen (secondary N) is 2. The summed E-state index contributed by atoms with van der Waals surface area (Å²) in [5.74, 6) is -37.2. The number of alkyl halides is 11. The van der Waals surface area contributed by atoms with Crippen LogP contribution in [0.2, 0.25) is 0 Å². The smallest absolute Gasteiger partial charge is 0.460 e. The highest BCUT2D eigenvalue weighted by Crippen LogP contribution is 2.59. The lowest BCUT2D eigenvalue weighted by Crippen LogP contribution is -2.66. The fourth-order valence-corrected chi connectivity index (χ4v) is 3.39. The van der Waals surface area contributed by atoms with Gasteiger partial charge in [-0.3, -0.25) is 24.0 Å². The van der Waals surface area contributed by atoms with Crippen LogP contribution in [0.25, 0.3) is 0 Å². The first-order valence-electron chi connectivity index (χ1n) is 10.0. The Balaban J connectivity index is 6.19. The van der Waals surface area contributed by atoms with E-state index >= 15 is 0 Å². The van der Waals surface area contributed by atoms with Crippen LogP contribution in [0.1, 0.15) is 12.8 Å².